The van der Waals surface area contributed by atoms with E-state index in [-0.39, 0.29) is 17.5 Å². The molecular formula is C13H11N3O3S. The summed E-state index contributed by atoms with van der Waals surface area (Å²) >= 11 is 1.30. The number of nitro benzene ring substituents is 1. The lowest BCUT2D eigenvalue weighted by molar-refractivity contribution is -0.384. The van der Waals surface area contributed by atoms with Gasteiger partial charge in [0.05, 0.1) is 15.1 Å². The molecule has 0 saturated carbocycles. The molecule has 1 aromatic heterocycles. The predicted octanol–water partition coefficient (Wildman–Crippen LogP) is 2.74. The highest BCUT2D eigenvalue weighted by Crippen LogP contribution is 2.34. The summed E-state index contributed by atoms with van der Waals surface area (Å²) in [7, 11) is 0. The summed E-state index contributed by atoms with van der Waals surface area (Å²) in [6, 6.07) is 4.52. The fraction of sp³-hybridized carbons (Fsp3) is 0.231. The third-order valence-corrected chi connectivity index (χ3v) is 4.33. The Balaban J connectivity index is 1.99. The quantitative estimate of drug-likeness (QED) is 0.494. The second kappa shape index (κ2) is 4.68. The van der Waals surface area contributed by atoms with E-state index in [9.17, 15) is 14.9 Å². The number of nitro groups is 1. The van der Waals surface area contributed by atoms with Crippen LogP contribution in [0.1, 0.15) is 6.42 Å². The van der Waals surface area contributed by atoms with Crippen LogP contribution in [0.2, 0.25) is 0 Å². The van der Waals surface area contributed by atoms with Gasteiger partial charge in [0, 0.05) is 31.0 Å². The highest BCUT2D eigenvalue weighted by atomic mass is 32.1. The number of carbonyl (C=O) groups is 1. The summed E-state index contributed by atoms with van der Waals surface area (Å²) in [4.78, 5) is 28.3. The third kappa shape index (κ3) is 2.05. The van der Waals surface area contributed by atoms with Crippen LogP contribution in [0.5, 0.6) is 0 Å². The largest absolute Gasteiger partial charge is 0.287 e. The van der Waals surface area contributed by atoms with E-state index in [1.54, 1.807) is 17.0 Å². The van der Waals surface area contributed by atoms with Crippen LogP contribution in [0.4, 0.5) is 10.8 Å². The molecule has 0 aliphatic carbocycles. The van der Waals surface area contributed by atoms with E-state index in [1.807, 2.05) is 0 Å². The zero-order chi connectivity index (χ0) is 14.3. The van der Waals surface area contributed by atoms with E-state index in [0.717, 1.165) is 0 Å². The van der Waals surface area contributed by atoms with Crippen LogP contribution in [-0.4, -0.2) is 22.4 Å². The van der Waals surface area contributed by atoms with E-state index in [2.05, 4.69) is 11.6 Å². The minimum absolute atomic E-state index is 0.0171. The second-order valence-corrected chi connectivity index (χ2v) is 5.62. The van der Waals surface area contributed by atoms with E-state index in [4.69, 9.17) is 0 Å². The van der Waals surface area contributed by atoms with E-state index < -0.39 is 4.92 Å². The number of thiazole rings is 1. The first-order valence-corrected chi connectivity index (χ1v) is 6.88. The van der Waals surface area contributed by atoms with Crippen LogP contribution in [-0.2, 0) is 4.79 Å². The molecule has 1 fully saturated rings. The number of aromatic nitrogens is 1. The summed E-state index contributed by atoms with van der Waals surface area (Å²) in [5.41, 5.74) is 0.704. The molecule has 3 rings (SSSR count). The topological polar surface area (TPSA) is 76.3 Å². The Kier molecular flexibility index (Phi) is 2.98. The van der Waals surface area contributed by atoms with Gasteiger partial charge < -0.3 is 0 Å². The van der Waals surface area contributed by atoms with E-state index >= 15 is 0 Å². The standard InChI is InChI=1S/C13H11N3O3S/c1-2-8-5-12(17)15(7-8)13-14-10-4-3-9(16(18)19)6-11(10)20-13/h2-4,6,8H,1,5,7H2. The Morgan fingerprint density at radius 3 is 3.00 bits per heavy atom. The maximum atomic E-state index is 11.9. The predicted molar refractivity (Wildman–Crippen MR) is 76.9 cm³/mol. The van der Waals surface area contributed by atoms with Gasteiger partial charge in [0.1, 0.15) is 0 Å². The molecular weight excluding hydrogens is 278 g/mol. The number of benzene rings is 1. The first kappa shape index (κ1) is 12.7. The van der Waals surface area contributed by atoms with Gasteiger partial charge in [-0.3, -0.25) is 19.8 Å². The number of non-ortho nitro benzene ring substituents is 1. The monoisotopic (exact) mass is 289 g/mol. The van der Waals surface area contributed by atoms with Crippen molar-refractivity contribution in [1.29, 1.82) is 0 Å². The Labute approximate surface area is 118 Å². The molecule has 1 aliphatic heterocycles. The van der Waals surface area contributed by atoms with Gasteiger partial charge in [-0.2, -0.15) is 0 Å². The van der Waals surface area contributed by atoms with Gasteiger partial charge in [0.15, 0.2) is 5.13 Å². The number of hydrogen-bond donors (Lipinski definition) is 0. The molecule has 2 aromatic rings. The zero-order valence-electron chi connectivity index (χ0n) is 10.5. The van der Waals surface area contributed by atoms with Crippen LogP contribution in [0, 0.1) is 16.0 Å². The van der Waals surface area contributed by atoms with Crippen molar-refractivity contribution in [3.05, 3.63) is 41.0 Å². The first-order chi connectivity index (χ1) is 9.58. The van der Waals surface area contributed by atoms with Gasteiger partial charge in [-0.15, -0.1) is 6.58 Å². The van der Waals surface area contributed by atoms with Crippen LogP contribution < -0.4 is 4.90 Å². The summed E-state index contributed by atoms with van der Waals surface area (Å²) in [6.07, 6.45) is 2.22. The molecule has 0 bridgehead atoms. The van der Waals surface area contributed by atoms with Gasteiger partial charge in [-0.05, 0) is 6.07 Å². The van der Waals surface area contributed by atoms with Gasteiger partial charge in [-0.25, -0.2) is 4.98 Å². The molecule has 0 radical (unpaired) electrons. The van der Waals surface area contributed by atoms with E-state index in [1.165, 1.54) is 23.5 Å². The van der Waals surface area contributed by atoms with Crippen LogP contribution in [0.3, 0.4) is 0 Å². The summed E-state index contributed by atoms with van der Waals surface area (Å²) in [6.45, 7) is 4.28. The van der Waals surface area contributed by atoms with Crippen molar-refractivity contribution >= 4 is 38.3 Å². The molecule has 1 saturated heterocycles. The number of amides is 1. The van der Waals surface area contributed by atoms with Gasteiger partial charge in [0.2, 0.25) is 5.91 Å². The number of rotatable bonds is 3. The number of anilines is 1. The Bertz CT molecular complexity index is 725. The van der Waals surface area contributed by atoms with Crippen molar-refractivity contribution in [1.82, 2.24) is 4.98 Å². The fourth-order valence-corrected chi connectivity index (χ4v) is 3.23. The van der Waals surface area contributed by atoms with Crippen LogP contribution in [0.25, 0.3) is 10.2 Å². The maximum absolute atomic E-state index is 11.9. The lowest BCUT2D eigenvalue weighted by atomic mass is 10.1. The Morgan fingerprint density at radius 2 is 2.35 bits per heavy atom. The number of carbonyl (C=O) groups excluding carboxylic acids is 1. The normalized spacial score (nSPS) is 18.7. The average Bonchev–Trinajstić information content (AvgIpc) is 3.00. The van der Waals surface area contributed by atoms with Crippen molar-refractivity contribution in [3.63, 3.8) is 0 Å². The number of nitrogens with zero attached hydrogens (tertiary/aromatic N) is 3. The van der Waals surface area contributed by atoms with Gasteiger partial charge >= 0.3 is 0 Å². The average molecular weight is 289 g/mol. The highest BCUT2D eigenvalue weighted by molar-refractivity contribution is 7.22. The minimum Gasteiger partial charge on any atom is -0.287 e. The third-order valence-electron chi connectivity index (χ3n) is 3.29. The number of hydrogen-bond acceptors (Lipinski definition) is 5. The van der Waals surface area contributed by atoms with Gasteiger partial charge in [-0.1, -0.05) is 17.4 Å². The lowest BCUT2D eigenvalue weighted by Gasteiger charge is -2.11. The Morgan fingerprint density at radius 1 is 1.55 bits per heavy atom. The molecule has 1 aromatic carbocycles. The Hall–Kier alpha value is -2.28. The molecule has 1 atom stereocenters. The van der Waals surface area contributed by atoms with Crippen molar-refractivity contribution in [2.24, 2.45) is 5.92 Å². The SMILES string of the molecule is C=CC1CC(=O)N(c2nc3ccc([N+](=O)[O-])cc3s2)C1. The molecule has 20 heavy (non-hydrogen) atoms. The van der Waals surface area contributed by atoms with Crippen molar-refractivity contribution < 1.29 is 9.72 Å². The first-order valence-electron chi connectivity index (χ1n) is 6.06. The van der Waals surface area contributed by atoms with E-state index in [0.29, 0.717) is 28.3 Å². The van der Waals surface area contributed by atoms with Crippen LogP contribution >= 0.6 is 11.3 Å². The molecule has 2 heterocycles. The molecule has 1 unspecified atom stereocenters. The molecule has 1 amide bonds. The molecule has 7 heteroatoms. The molecule has 6 nitrogen and oxygen atoms in total. The number of fused-ring (bicyclic) bond motifs is 1. The van der Waals surface area contributed by atoms with Crippen molar-refractivity contribution in [2.45, 2.75) is 6.42 Å². The second-order valence-electron chi connectivity index (χ2n) is 4.61. The summed E-state index contributed by atoms with van der Waals surface area (Å²) in [5.74, 6) is 0.160. The summed E-state index contributed by atoms with van der Waals surface area (Å²) < 4.78 is 0.712. The lowest BCUT2D eigenvalue weighted by Crippen LogP contribution is -2.23. The summed E-state index contributed by atoms with van der Waals surface area (Å²) in [5, 5.41) is 11.3. The molecule has 1 aliphatic rings. The molecule has 0 spiro atoms. The fourth-order valence-electron chi connectivity index (χ4n) is 2.21. The molecule has 0 N–H and O–H groups in total. The zero-order valence-corrected chi connectivity index (χ0v) is 11.3. The van der Waals surface area contributed by atoms with Crippen molar-refractivity contribution in [2.75, 3.05) is 11.4 Å². The van der Waals surface area contributed by atoms with Crippen LogP contribution in [0.15, 0.2) is 30.9 Å². The highest BCUT2D eigenvalue weighted by Gasteiger charge is 2.30. The maximum Gasteiger partial charge on any atom is 0.270 e. The molecule has 102 valence electrons. The van der Waals surface area contributed by atoms with Crippen molar-refractivity contribution in [3.8, 4) is 0 Å². The smallest absolute Gasteiger partial charge is 0.270 e. The minimum atomic E-state index is -0.437. The van der Waals surface area contributed by atoms with Gasteiger partial charge in [0.25, 0.3) is 5.69 Å².